The molecule has 1 rings (SSSR count). The van der Waals surface area contributed by atoms with Crippen LogP contribution >= 0.6 is 11.6 Å². The second-order valence-corrected chi connectivity index (χ2v) is 6.16. The van der Waals surface area contributed by atoms with Crippen molar-refractivity contribution in [3.05, 3.63) is 0 Å². The Bertz CT molecular complexity index is 280. The van der Waals surface area contributed by atoms with Crippen molar-refractivity contribution in [2.24, 2.45) is 5.92 Å². The largest absolute Gasteiger partial charge is 0.391 e. The van der Waals surface area contributed by atoms with Gasteiger partial charge in [0.2, 0.25) is 10.0 Å². The Labute approximate surface area is 89.9 Å². The van der Waals surface area contributed by atoms with E-state index in [-0.39, 0.29) is 24.1 Å². The minimum Gasteiger partial charge on any atom is -0.391 e. The predicted octanol–water partition coefficient (Wildman–Crippen LogP) is 0.258. The van der Waals surface area contributed by atoms with Crippen LogP contribution in [0, 0.1) is 5.92 Å². The highest BCUT2D eigenvalue weighted by Gasteiger charge is 2.31. The number of nitrogens with zero attached hydrogens (tertiary/aromatic N) is 1. The lowest BCUT2D eigenvalue weighted by atomic mass is 9.98. The van der Waals surface area contributed by atoms with Gasteiger partial charge in [-0.15, -0.1) is 11.6 Å². The first kappa shape index (κ1) is 12.2. The highest BCUT2D eigenvalue weighted by Crippen LogP contribution is 2.19. The number of aliphatic hydroxyl groups is 1. The van der Waals surface area contributed by atoms with Crippen LogP contribution < -0.4 is 0 Å². The van der Waals surface area contributed by atoms with Gasteiger partial charge >= 0.3 is 0 Å². The van der Waals surface area contributed by atoms with Gasteiger partial charge in [0.15, 0.2) is 0 Å². The van der Waals surface area contributed by atoms with Gasteiger partial charge in [-0.25, -0.2) is 8.42 Å². The Morgan fingerprint density at radius 3 is 2.71 bits per heavy atom. The fraction of sp³-hybridized carbons (Fsp3) is 1.00. The van der Waals surface area contributed by atoms with Crippen LogP contribution in [0.4, 0.5) is 0 Å². The monoisotopic (exact) mass is 241 g/mol. The molecule has 1 heterocycles. The van der Waals surface area contributed by atoms with Gasteiger partial charge in [-0.05, 0) is 12.3 Å². The van der Waals surface area contributed by atoms with E-state index >= 15 is 0 Å². The molecule has 0 aromatic heterocycles. The lowest BCUT2D eigenvalue weighted by Crippen LogP contribution is -2.46. The molecule has 1 saturated heterocycles. The molecule has 0 saturated carbocycles. The van der Waals surface area contributed by atoms with E-state index in [1.807, 2.05) is 6.92 Å². The van der Waals surface area contributed by atoms with Gasteiger partial charge < -0.3 is 5.11 Å². The first-order valence-electron chi connectivity index (χ1n) is 4.69. The Hall–Kier alpha value is 0.160. The lowest BCUT2D eigenvalue weighted by Gasteiger charge is -2.33. The van der Waals surface area contributed by atoms with Gasteiger partial charge in [0.05, 0.1) is 11.9 Å². The van der Waals surface area contributed by atoms with E-state index in [1.54, 1.807) is 0 Å². The molecular formula is C8H16ClNO3S. The SMILES string of the molecule is CC1CCN(S(=O)(=O)CCCl)CC1O. The fourth-order valence-electron chi connectivity index (χ4n) is 1.50. The molecule has 1 N–H and O–H groups in total. The summed E-state index contributed by atoms with van der Waals surface area (Å²) < 4.78 is 24.5. The van der Waals surface area contributed by atoms with Crippen molar-refractivity contribution >= 4 is 21.6 Å². The topological polar surface area (TPSA) is 57.6 Å². The van der Waals surface area contributed by atoms with Gasteiger partial charge in [0, 0.05) is 19.0 Å². The summed E-state index contributed by atoms with van der Waals surface area (Å²) in [6.45, 7) is 2.63. The molecule has 2 unspecified atom stereocenters. The minimum atomic E-state index is -3.25. The molecule has 1 aliphatic rings. The van der Waals surface area contributed by atoms with Gasteiger partial charge in [-0.2, -0.15) is 4.31 Å². The van der Waals surface area contributed by atoms with E-state index in [1.165, 1.54) is 4.31 Å². The molecule has 0 amide bonds. The van der Waals surface area contributed by atoms with E-state index in [2.05, 4.69) is 0 Å². The summed E-state index contributed by atoms with van der Waals surface area (Å²) in [5.74, 6) is 0.234. The Balaban J connectivity index is 2.63. The Morgan fingerprint density at radius 2 is 2.21 bits per heavy atom. The first-order valence-corrected chi connectivity index (χ1v) is 6.83. The Morgan fingerprint density at radius 1 is 1.57 bits per heavy atom. The summed E-state index contributed by atoms with van der Waals surface area (Å²) in [6.07, 6.45) is 0.164. The molecule has 0 aliphatic carbocycles. The third-order valence-electron chi connectivity index (χ3n) is 2.61. The third-order valence-corrected chi connectivity index (χ3v) is 4.86. The summed E-state index contributed by atoms with van der Waals surface area (Å²) >= 11 is 5.40. The number of alkyl halides is 1. The molecule has 1 aliphatic heterocycles. The molecule has 14 heavy (non-hydrogen) atoms. The summed E-state index contributed by atoms with van der Waals surface area (Å²) in [7, 11) is -3.25. The van der Waals surface area contributed by atoms with E-state index in [4.69, 9.17) is 11.6 Å². The standard InChI is InChI=1S/C8H16ClNO3S/c1-7-2-4-10(6-8(7)11)14(12,13)5-3-9/h7-8,11H,2-6H2,1H3. The number of piperidine rings is 1. The minimum absolute atomic E-state index is 0.0460. The zero-order valence-corrected chi connectivity index (χ0v) is 9.76. The highest BCUT2D eigenvalue weighted by atomic mass is 35.5. The molecule has 84 valence electrons. The second kappa shape index (κ2) is 4.79. The van der Waals surface area contributed by atoms with Crippen LogP contribution in [0.15, 0.2) is 0 Å². The molecule has 0 radical (unpaired) electrons. The molecule has 6 heteroatoms. The van der Waals surface area contributed by atoms with Gasteiger partial charge in [-0.3, -0.25) is 0 Å². The maximum atomic E-state index is 11.6. The molecule has 0 aromatic rings. The average Bonchev–Trinajstić information content (AvgIpc) is 2.09. The summed E-state index contributed by atoms with van der Waals surface area (Å²) in [5.41, 5.74) is 0. The Kier molecular flexibility index (Phi) is 4.18. The van der Waals surface area contributed by atoms with Crippen LogP contribution in [0.3, 0.4) is 0 Å². The maximum absolute atomic E-state index is 11.6. The van der Waals surface area contributed by atoms with Crippen molar-refractivity contribution in [3.8, 4) is 0 Å². The number of β-amino-alcohol motifs (C(OH)–C–C–N with tert-alkyl or cyclic N) is 1. The molecule has 1 fully saturated rings. The predicted molar refractivity (Wildman–Crippen MR) is 55.9 cm³/mol. The van der Waals surface area contributed by atoms with Crippen molar-refractivity contribution in [1.82, 2.24) is 4.31 Å². The van der Waals surface area contributed by atoms with Gasteiger partial charge in [0.1, 0.15) is 0 Å². The maximum Gasteiger partial charge on any atom is 0.215 e. The quantitative estimate of drug-likeness (QED) is 0.721. The van der Waals surface area contributed by atoms with Crippen molar-refractivity contribution in [2.75, 3.05) is 24.7 Å². The zero-order valence-electron chi connectivity index (χ0n) is 8.19. The molecule has 2 atom stereocenters. The van der Waals surface area contributed by atoms with Crippen molar-refractivity contribution in [3.63, 3.8) is 0 Å². The van der Waals surface area contributed by atoms with Crippen LogP contribution in [0.2, 0.25) is 0 Å². The number of aliphatic hydroxyl groups excluding tert-OH is 1. The third kappa shape index (κ3) is 2.82. The molecule has 4 nitrogen and oxygen atoms in total. The average molecular weight is 242 g/mol. The smallest absolute Gasteiger partial charge is 0.215 e. The van der Waals surface area contributed by atoms with Gasteiger partial charge in [-0.1, -0.05) is 6.92 Å². The fourth-order valence-corrected chi connectivity index (χ4v) is 3.30. The van der Waals surface area contributed by atoms with Crippen molar-refractivity contribution in [2.45, 2.75) is 19.4 Å². The summed E-state index contributed by atoms with van der Waals surface area (Å²) in [5, 5.41) is 9.54. The van der Waals surface area contributed by atoms with Crippen LogP contribution in [-0.2, 0) is 10.0 Å². The van der Waals surface area contributed by atoms with Crippen molar-refractivity contribution in [1.29, 1.82) is 0 Å². The number of sulfonamides is 1. The molecule has 0 aromatic carbocycles. The van der Waals surface area contributed by atoms with Crippen LogP contribution in [-0.4, -0.2) is 48.7 Å². The summed E-state index contributed by atoms with van der Waals surface area (Å²) in [4.78, 5) is 0. The zero-order chi connectivity index (χ0) is 10.8. The lowest BCUT2D eigenvalue weighted by molar-refractivity contribution is 0.0606. The summed E-state index contributed by atoms with van der Waals surface area (Å²) in [6, 6.07) is 0. The highest BCUT2D eigenvalue weighted by molar-refractivity contribution is 7.89. The van der Waals surface area contributed by atoms with Crippen LogP contribution in [0.25, 0.3) is 0 Å². The number of hydrogen-bond donors (Lipinski definition) is 1. The molecule has 0 bridgehead atoms. The van der Waals surface area contributed by atoms with E-state index < -0.39 is 16.1 Å². The number of hydrogen-bond acceptors (Lipinski definition) is 3. The van der Waals surface area contributed by atoms with Crippen LogP contribution in [0.1, 0.15) is 13.3 Å². The van der Waals surface area contributed by atoms with Gasteiger partial charge in [0.25, 0.3) is 0 Å². The number of rotatable bonds is 3. The normalized spacial score (nSPS) is 30.5. The van der Waals surface area contributed by atoms with E-state index in [9.17, 15) is 13.5 Å². The molecular weight excluding hydrogens is 226 g/mol. The van der Waals surface area contributed by atoms with E-state index in [0.717, 1.165) is 0 Å². The molecule has 0 spiro atoms. The van der Waals surface area contributed by atoms with E-state index in [0.29, 0.717) is 13.0 Å². The van der Waals surface area contributed by atoms with Crippen LogP contribution in [0.5, 0.6) is 0 Å². The second-order valence-electron chi connectivity index (χ2n) is 3.70. The number of halogens is 1. The van der Waals surface area contributed by atoms with Crippen molar-refractivity contribution < 1.29 is 13.5 Å². The first-order chi connectivity index (χ1) is 6.47.